The maximum atomic E-state index is 11.5. The van der Waals surface area contributed by atoms with Crippen molar-refractivity contribution in [2.45, 2.75) is 50.3 Å². The lowest BCUT2D eigenvalue weighted by Gasteiger charge is -2.26. The van der Waals surface area contributed by atoms with E-state index in [9.17, 15) is 4.79 Å². The summed E-state index contributed by atoms with van der Waals surface area (Å²) < 4.78 is 0. The van der Waals surface area contributed by atoms with Crippen molar-refractivity contribution in [1.29, 1.82) is 5.26 Å². The lowest BCUT2D eigenvalue weighted by molar-refractivity contribution is -0.121. The largest absolute Gasteiger partial charge is 0.300 e. The zero-order valence-corrected chi connectivity index (χ0v) is 15.6. The van der Waals surface area contributed by atoms with E-state index in [0.29, 0.717) is 29.5 Å². The molecular weight excluding hydrogens is 346 g/mol. The van der Waals surface area contributed by atoms with Gasteiger partial charge in [-0.2, -0.15) is 5.26 Å². The van der Waals surface area contributed by atoms with Crippen molar-refractivity contribution in [3.05, 3.63) is 59.2 Å². The second-order valence-electron chi connectivity index (χ2n) is 7.01. The average molecular weight is 368 g/mol. The number of rotatable bonds is 5. The summed E-state index contributed by atoms with van der Waals surface area (Å²) in [6, 6.07) is 9.52. The molecule has 0 N–H and O–H groups in total. The highest BCUT2D eigenvalue weighted by Crippen LogP contribution is 2.36. The molecule has 26 heavy (non-hydrogen) atoms. The highest BCUT2D eigenvalue weighted by Gasteiger charge is 2.25. The van der Waals surface area contributed by atoms with Gasteiger partial charge in [-0.05, 0) is 68.2 Å². The first-order valence-electron chi connectivity index (χ1n) is 9.02. The molecule has 1 unspecified atom stereocenters. The number of hydrogen-bond acceptors (Lipinski definition) is 4. The number of alkyl halides is 1. The molecule has 5 heteroatoms. The molecule has 3 rings (SSSR count). The molecule has 1 saturated carbocycles. The smallest absolute Gasteiger partial charge is 0.146 e. The van der Waals surface area contributed by atoms with Gasteiger partial charge in [0, 0.05) is 18.3 Å². The number of nitriles is 1. The van der Waals surface area contributed by atoms with Crippen molar-refractivity contribution < 1.29 is 4.79 Å². The summed E-state index contributed by atoms with van der Waals surface area (Å²) in [5.74, 6) is 1.60. The van der Waals surface area contributed by atoms with E-state index in [1.807, 2.05) is 24.5 Å². The van der Waals surface area contributed by atoms with Crippen LogP contribution >= 0.6 is 11.6 Å². The molecule has 1 aromatic carbocycles. The average Bonchev–Trinajstić information content (AvgIpc) is 2.69. The second-order valence-corrected chi connectivity index (χ2v) is 7.54. The number of hydrogen-bond donors (Lipinski definition) is 0. The fraction of sp³-hybridized carbons (Fsp3) is 0.429. The highest BCUT2D eigenvalue weighted by molar-refractivity contribution is 6.20. The Morgan fingerprint density at radius 1 is 1.19 bits per heavy atom. The van der Waals surface area contributed by atoms with E-state index in [-0.39, 0.29) is 11.3 Å². The van der Waals surface area contributed by atoms with Crippen molar-refractivity contribution >= 4 is 17.4 Å². The van der Waals surface area contributed by atoms with E-state index in [2.05, 4.69) is 16.0 Å². The minimum Gasteiger partial charge on any atom is -0.300 e. The van der Waals surface area contributed by atoms with Crippen LogP contribution in [0.15, 0.2) is 36.7 Å². The third-order valence-electron chi connectivity index (χ3n) is 5.24. The van der Waals surface area contributed by atoms with Crippen LogP contribution in [-0.4, -0.2) is 15.8 Å². The summed E-state index contributed by atoms with van der Waals surface area (Å²) in [7, 11) is 0. The molecule has 4 nitrogen and oxygen atoms in total. The van der Waals surface area contributed by atoms with Gasteiger partial charge < -0.3 is 0 Å². The lowest BCUT2D eigenvalue weighted by atomic mass is 9.78. The third kappa shape index (κ3) is 4.47. The van der Waals surface area contributed by atoms with Crippen LogP contribution in [0, 0.1) is 17.2 Å². The summed E-state index contributed by atoms with van der Waals surface area (Å²) in [5, 5.41) is 8.55. The maximum absolute atomic E-state index is 11.5. The molecule has 1 aliphatic carbocycles. The second kappa shape index (κ2) is 8.42. The van der Waals surface area contributed by atoms with Crippen LogP contribution in [0.25, 0.3) is 0 Å². The number of ketones is 1. The summed E-state index contributed by atoms with van der Waals surface area (Å²) in [6.07, 6.45) is 8.34. The zero-order chi connectivity index (χ0) is 18.5. The van der Waals surface area contributed by atoms with E-state index >= 15 is 0 Å². The van der Waals surface area contributed by atoms with Gasteiger partial charge in [-0.3, -0.25) is 4.79 Å². The van der Waals surface area contributed by atoms with Crippen LogP contribution < -0.4 is 0 Å². The van der Waals surface area contributed by atoms with Crippen LogP contribution in [0.2, 0.25) is 0 Å². The number of carbonyl (C=O) groups excluding carboxylic acids is 1. The maximum Gasteiger partial charge on any atom is 0.146 e. The van der Waals surface area contributed by atoms with Gasteiger partial charge in [-0.25, -0.2) is 9.97 Å². The van der Waals surface area contributed by atoms with Gasteiger partial charge in [-0.1, -0.05) is 12.1 Å². The van der Waals surface area contributed by atoms with Gasteiger partial charge >= 0.3 is 0 Å². The molecule has 0 saturated heterocycles. The summed E-state index contributed by atoms with van der Waals surface area (Å²) in [6.45, 7) is 1.69. The number of halogens is 1. The van der Waals surface area contributed by atoms with Crippen molar-refractivity contribution in [3.63, 3.8) is 0 Å². The fourth-order valence-corrected chi connectivity index (χ4v) is 3.86. The SMILES string of the molecule is CC(=O)C1CCC(c2cnc(C(Cl)Cc3ccc(C#N)cc3)nc2)CC1. The number of nitrogens with zero attached hydrogens (tertiary/aromatic N) is 3. The van der Waals surface area contributed by atoms with Gasteiger partial charge in [0.25, 0.3) is 0 Å². The zero-order valence-electron chi connectivity index (χ0n) is 14.9. The van der Waals surface area contributed by atoms with Crippen LogP contribution in [0.1, 0.15) is 66.4 Å². The number of benzene rings is 1. The summed E-state index contributed by atoms with van der Waals surface area (Å²) in [5.41, 5.74) is 2.83. The van der Waals surface area contributed by atoms with Gasteiger partial charge in [0.15, 0.2) is 0 Å². The molecule has 0 aliphatic heterocycles. The van der Waals surface area contributed by atoms with Crippen LogP contribution in [0.3, 0.4) is 0 Å². The quantitative estimate of drug-likeness (QED) is 0.716. The summed E-state index contributed by atoms with van der Waals surface area (Å²) in [4.78, 5) is 20.4. The molecule has 1 aliphatic rings. The first kappa shape index (κ1) is 18.5. The van der Waals surface area contributed by atoms with Crippen LogP contribution in [0.5, 0.6) is 0 Å². The molecule has 1 aromatic heterocycles. The Morgan fingerprint density at radius 3 is 2.35 bits per heavy atom. The third-order valence-corrected chi connectivity index (χ3v) is 5.59. The first-order valence-corrected chi connectivity index (χ1v) is 9.46. The molecule has 2 aromatic rings. The molecule has 134 valence electrons. The van der Waals surface area contributed by atoms with Gasteiger partial charge in [-0.15, -0.1) is 11.6 Å². The van der Waals surface area contributed by atoms with Crippen LogP contribution in [0.4, 0.5) is 0 Å². The topological polar surface area (TPSA) is 66.6 Å². The van der Waals surface area contributed by atoms with Crippen molar-refractivity contribution in [2.75, 3.05) is 0 Å². The molecular formula is C21H22ClN3O. The monoisotopic (exact) mass is 367 g/mol. The fourth-order valence-electron chi connectivity index (χ4n) is 3.57. The Morgan fingerprint density at radius 2 is 1.81 bits per heavy atom. The van der Waals surface area contributed by atoms with Crippen molar-refractivity contribution in [2.24, 2.45) is 5.92 Å². The minimum absolute atomic E-state index is 0.228. The highest BCUT2D eigenvalue weighted by atomic mass is 35.5. The minimum atomic E-state index is -0.301. The standard InChI is InChI=1S/C21H22ClN3O/c1-14(26)17-6-8-18(9-7-17)19-12-24-21(25-13-19)20(22)10-15-2-4-16(11-23)5-3-15/h2-5,12-13,17-18,20H,6-10H2,1H3. The Bertz CT molecular complexity index is 788. The van der Waals surface area contributed by atoms with Crippen LogP contribution in [-0.2, 0) is 11.2 Å². The molecule has 1 fully saturated rings. The van der Waals surface area contributed by atoms with Gasteiger partial charge in [0.1, 0.15) is 11.6 Å². The number of aromatic nitrogens is 2. The molecule has 0 spiro atoms. The molecule has 0 amide bonds. The van der Waals surface area contributed by atoms with Gasteiger partial charge in [0.2, 0.25) is 0 Å². The number of carbonyl (C=O) groups is 1. The van der Waals surface area contributed by atoms with E-state index < -0.39 is 0 Å². The van der Waals surface area contributed by atoms with Crippen molar-refractivity contribution in [3.8, 4) is 6.07 Å². The van der Waals surface area contributed by atoms with Crippen molar-refractivity contribution in [1.82, 2.24) is 9.97 Å². The lowest BCUT2D eigenvalue weighted by Crippen LogP contribution is -2.19. The van der Waals surface area contributed by atoms with E-state index in [0.717, 1.165) is 36.8 Å². The Kier molecular flexibility index (Phi) is 6.00. The number of Topliss-reactive ketones (excluding diaryl/α,β-unsaturated/α-hetero) is 1. The predicted molar refractivity (Wildman–Crippen MR) is 101 cm³/mol. The normalized spacial score (nSPS) is 21.0. The molecule has 0 bridgehead atoms. The van der Waals surface area contributed by atoms with Gasteiger partial charge in [0.05, 0.1) is 17.0 Å². The van der Waals surface area contributed by atoms with E-state index in [1.54, 1.807) is 19.1 Å². The Balaban J connectivity index is 1.60. The summed E-state index contributed by atoms with van der Waals surface area (Å²) >= 11 is 6.48. The molecule has 0 radical (unpaired) electrons. The molecule has 1 atom stereocenters. The van der Waals surface area contributed by atoms with E-state index in [4.69, 9.17) is 16.9 Å². The Hall–Kier alpha value is -2.25. The Labute approximate surface area is 159 Å². The first-order chi connectivity index (χ1) is 12.6. The molecule has 1 heterocycles. The van der Waals surface area contributed by atoms with E-state index in [1.165, 1.54) is 0 Å². The predicted octanol–water partition coefficient (Wildman–Crippen LogP) is 4.73.